The van der Waals surface area contributed by atoms with Crippen LogP contribution in [0, 0.1) is 5.41 Å². The molecule has 0 saturated heterocycles. The topological polar surface area (TPSA) is 55.5 Å². The summed E-state index contributed by atoms with van der Waals surface area (Å²) in [5.74, 6) is 0.880. The summed E-state index contributed by atoms with van der Waals surface area (Å²) in [7, 11) is 1.68. The first-order valence-corrected chi connectivity index (χ1v) is 6.36. The van der Waals surface area contributed by atoms with Crippen LogP contribution in [0.1, 0.15) is 32.8 Å². The Morgan fingerprint density at radius 3 is 2.33 bits per heavy atom. The first-order valence-electron chi connectivity index (χ1n) is 6.36. The Balaban J connectivity index is 3.04. The van der Waals surface area contributed by atoms with Crippen LogP contribution in [0.15, 0.2) is 24.3 Å². The molecule has 0 aliphatic rings. The summed E-state index contributed by atoms with van der Waals surface area (Å²) in [5, 5.41) is 9.28. The normalized spacial score (nSPS) is 15.2. The molecule has 0 aliphatic carbocycles. The number of rotatable bonds is 6. The highest BCUT2D eigenvalue weighted by Gasteiger charge is 2.38. The molecule has 0 aromatic heterocycles. The van der Waals surface area contributed by atoms with Crippen molar-refractivity contribution in [3.8, 4) is 5.75 Å². The minimum atomic E-state index is -0.365. The maximum Gasteiger partial charge on any atom is 0.122 e. The van der Waals surface area contributed by atoms with Crippen molar-refractivity contribution in [2.45, 2.75) is 39.2 Å². The second-order valence-corrected chi connectivity index (χ2v) is 5.74. The average Bonchev–Trinajstić information content (AvgIpc) is 2.28. The standard InChI is InChI=1S/C15H25NO2/c1-14(2,16)15(3,9-10-17)11-12-7-5-6-8-13(12)18-4/h5-8,17H,9-11,16H2,1-4H3. The minimum absolute atomic E-state index is 0.145. The van der Waals surface area contributed by atoms with Gasteiger partial charge in [0.15, 0.2) is 0 Å². The molecule has 0 aliphatic heterocycles. The highest BCUT2D eigenvalue weighted by molar-refractivity contribution is 5.34. The van der Waals surface area contributed by atoms with Crippen LogP contribution >= 0.6 is 0 Å². The van der Waals surface area contributed by atoms with E-state index >= 15 is 0 Å². The second-order valence-electron chi connectivity index (χ2n) is 5.74. The molecule has 102 valence electrons. The van der Waals surface area contributed by atoms with Crippen molar-refractivity contribution in [1.29, 1.82) is 0 Å². The van der Waals surface area contributed by atoms with Gasteiger partial charge in [0.05, 0.1) is 7.11 Å². The third-order valence-electron chi connectivity index (χ3n) is 3.99. The van der Waals surface area contributed by atoms with Gasteiger partial charge in [0.1, 0.15) is 5.75 Å². The Bertz CT molecular complexity index is 384. The smallest absolute Gasteiger partial charge is 0.122 e. The Hall–Kier alpha value is -1.06. The van der Waals surface area contributed by atoms with E-state index in [1.807, 2.05) is 32.0 Å². The van der Waals surface area contributed by atoms with Gasteiger partial charge in [0.2, 0.25) is 0 Å². The molecular formula is C15H25NO2. The van der Waals surface area contributed by atoms with E-state index in [4.69, 9.17) is 10.5 Å². The van der Waals surface area contributed by atoms with Crippen LogP contribution in [0.3, 0.4) is 0 Å². The fourth-order valence-electron chi connectivity index (χ4n) is 2.15. The van der Waals surface area contributed by atoms with E-state index in [0.29, 0.717) is 6.42 Å². The minimum Gasteiger partial charge on any atom is -0.496 e. The first kappa shape index (κ1) is 15.0. The van der Waals surface area contributed by atoms with Crippen LogP contribution in [0.5, 0.6) is 5.75 Å². The van der Waals surface area contributed by atoms with Crippen molar-refractivity contribution in [1.82, 2.24) is 0 Å². The lowest BCUT2D eigenvalue weighted by Crippen LogP contribution is -2.50. The number of aliphatic hydroxyl groups is 1. The molecule has 0 fully saturated rings. The molecule has 3 nitrogen and oxygen atoms in total. The first-order chi connectivity index (χ1) is 8.34. The molecule has 1 unspecified atom stereocenters. The van der Waals surface area contributed by atoms with Crippen molar-refractivity contribution >= 4 is 0 Å². The highest BCUT2D eigenvalue weighted by atomic mass is 16.5. The second kappa shape index (κ2) is 5.72. The van der Waals surface area contributed by atoms with Gasteiger partial charge in [0.25, 0.3) is 0 Å². The third kappa shape index (κ3) is 3.24. The van der Waals surface area contributed by atoms with Crippen molar-refractivity contribution < 1.29 is 9.84 Å². The van der Waals surface area contributed by atoms with E-state index in [0.717, 1.165) is 17.7 Å². The molecule has 1 atom stereocenters. The lowest BCUT2D eigenvalue weighted by atomic mass is 9.67. The van der Waals surface area contributed by atoms with Crippen LogP contribution in [-0.2, 0) is 6.42 Å². The summed E-state index contributed by atoms with van der Waals surface area (Å²) in [6, 6.07) is 7.97. The summed E-state index contributed by atoms with van der Waals surface area (Å²) in [6.07, 6.45) is 1.47. The monoisotopic (exact) mass is 251 g/mol. The number of hydrogen-bond acceptors (Lipinski definition) is 3. The molecule has 0 saturated carbocycles. The van der Waals surface area contributed by atoms with Gasteiger partial charge in [-0.05, 0) is 43.7 Å². The summed E-state index contributed by atoms with van der Waals surface area (Å²) in [6.45, 7) is 6.29. The van der Waals surface area contributed by atoms with E-state index in [2.05, 4.69) is 13.0 Å². The summed E-state index contributed by atoms with van der Waals surface area (Å²) in [5.41, 5.74) is 6.89. The molecule has 0 radical (unpaired) electrons. The Kier molecular flexibility index (Phi) is 4.77. The molecular weight excluding hydrogens is 226 g/mol. The molecule has 0 bridgehead atoms. The predicted octanol–water partition coefficient (Wildman–Crippen LogP) is 2.36. The Labute approximate surface area is 110 Å². The number of ether oxygens (including phenoxy) is 1. The zero-order valence-corrected chi connectivity index (χ0v) is 11.9. The number of nitrogens with two attached hydrogens (primary N) is 1. The summed E-state index contributed by atoms with van der Waals surface area (Å²) < 4.78 is 5.38. The summed E-state index contributed by atoms with van der Waals surface area (Å²) in [4.78, 5) is 0. The lowest BCUT2D eigenvalue weighted by Gasteiger charge is -2.42. The third-order valence-corrected chi connectivity index (χ3v) is 3.99. The van der Waals surface area contributed by atoms with Crippen molar-refractivity contribution in [2.75, 3.05) is 13.7 Å². The number of hydrogen-bond donors (Lipinski definition) is 2. The molecule has 0 amide bonds. The quantitative estimate of drug-likeness (QED) is 0.816. The number of para-hydroxylation sites is 1. The van der Waals surface area contributed by atoms with Gasteiger partial charge in [-0.25, -0.2) is 0 Å². The van der Waals surface area contributed by atoms with Crippen LogP contribution in [0.2, 0.25) is 0 Å². The van der Waals surface area contributed by atoms with Crippen LogP contribution in [-0.4, -0.2) is 24.4 Å². The van der Waals surface area contributed by atoms with Crippen LogP contribution < -0.4 is 10.5 Å². The summed E-state index contributed by atoms with van der Waals surface area (Å²) >= 11 is 0. The van der Waals surface area contributed by atoms with E-state index in [1.54, 1.807) is 7.11 Å². The fraction of sp³-hybridized carbons (Fsp3) is 0.600. The molecule has 3 N–H and O–H groups in total. The largest absolute Gasteiger partial charge is 0.496 e. The molecule has 18 heavy (non-hydrogen) atoms. The Morgan fingerprint density at radius 2 is 1.83 bits per heavy atom. The Morgan fingerprint density at radius 1 is 1.22 bits per heavy atom. The van der Waals surface area contributed by atoms with Crippen molar-refractivity contribution in [3.05, 3.63) is 29.8 Å². The molecule has 0 spiro atoms. The van der Waals surface area contributed by atoms with Gasteiger partial charge in [0, 0.05) is 12.1 Å². The van der Waals surface area contributed by atoms with Crippen molar-refractivity contribution in [3.63, 3.8) is 0 Å². The maximum atomic E-state index is 9.28. The van der Waals surface area contributed by atoms with Gasteiger partial charge in [-0.2, -0.15) is 0 Å². The molecule has 1 rings (SSSR count). The number of methoxy groups -OCH3 is 1. The molecule has 1 aromatic carbocycles. The molecule has 0 heterocycles. The van der Waals surface area contributed by atoms with Gasteiger partial charge < -0.3 is 15.6 Å². The van der Waals surface area contributed by atoms with E-state index in [9.17, 15) is 5.11 Å². The average molecular weight is 251 g/mol. The van der Waals surface area contributed by atoms with Crippen molar-refractivity contribution in [2.24, 2.45) is 11.1 Å². The number of aliphatic hydroxyl groups excluding tert-OH is 1. The lowest BCUT2D eigenvalue weighted by molar-refractivity contribution is 0.118. The van der Waals surface area contributed by atoms with Crippen LogP contribution in [0.4, 0.5) is 0 Å². The predicted molar refractivity (Wildman–Crippen MR) is 74.8 cm³/mol. The number of benzene rings is 1. The maximum absolute atomic E-state index is 9.28. The molecule has 3 heteroatoms. The van der Waals surface area contributed by atoms with E-state index in [-0.39, 0.29) is 17.6 Å². The van der Waals surface area contributed by atoms with Gasteiger partial charge in [-0.3, -0.25) is 0 Å². The van der Waals surface area contributed by atoms with E-state index < -0.39 is 0 Å². The zero-order chi connectivity index (χ0) is 13.8. The van der Waals surface area contributed by atoms with Gasteiger partial charge in [-0.1, -0.05) is 25.1 Å². The SMILES string of the molecule is COc1ccccc1CC(C)(CCO)C(C)(C)N. The van der Waals surface area contributed by atoms with Gasteiger partial charge in [-0.15, -0.1) is 0 Å². The fourth-order valence-corrected chi connectivity index (χ4v) is 2.15. The molecule has 1 aromatic rings. The van der Waals surface area contributed by atoms with Crippen LogP contribution in [0.25, 0.3) is 0 Å². The van der Waals surface area contributed by atoms with Gasteiger partial charge >= 0.3 is 0 Å². The highest BCUT2D eigenvalue weighted by Crippen LogP contribution is 2.38. The zero-order valence-electron chi connectivity index (χ0n) is 11.9. The van der Waals surface area contributed by atoms with E-state index in [1.165, 1.54) is 0 Å².